The zero-order chi connectivity index (χ0) is 11.9. The number of carbonyl (C=O) groups is 2. The topological polar surface area (TPSA) is 57.6 Å². The van der Waals surface area contributed by atoms with E-state index in [1.807, 2.05) is 4.90 Å². The molecule has 2 rings (SSSR count). The molecule has 0 spiro atoms. The first-order chi connectivity index (χ1) is 7.43. The Labute approximate surface area is 95.6 Å². The lowest BCUT2D eigenvalue weighted by Crippen LogP contribution is -2.51. The minimum absolute atomic E-state index is 0.0566. The van der Waals surface area contributed by atoms with Gasteiger partial charge in [-0.1, -0.05) is 0 Å². The predicted molar refractivity (Wildman–Crippen MR) is 58.9 cm³/mol. The number of hydrogen-bond donors (Lipinski definition) is 1. The summed E-state index contributed by atoms with van der Waals surface area (Å²) in [6.45, 7) is 4.91. The third-order valence-corrected chi connectivity index (χ3v) is 4.08. The first kappa shape index (κ1) is 11.4. The number of amides is 1. The Balaban J connectivity index is 2.06. The van der Waals surface area contributed by atoms with Crippen molar-refractivity contribution < 1.29 is 14.7 Å². The molecule has 1 saturated heterocycles. The van der Waals surface area contributed by atoms with E-state index in [1.54, 1.807) is 0 Å². The standard InChI is InChI=1S/C12H19NO3/c1-12(2)6-3-7-13(12)10(14)8-4-5-9(8)11(15)16/h8-9H,3-7H2,1-2H3,(H,15,16). The molecule has 0 aromatic heterocycles. The van der Waals surface area contributed by atoms with Crippen LogP contribution in [0.4, 0.5) is 0 Å². The minimum atomic E-state index is -0.818. The van der Waals surface area contributed by atoms with Gasteiger partial charge in [-0.3, -0.25) is 9.59 Å². The molecule has 2 unspecified atom stereocenters. The second-order valence-electron chi connectivity index (χ2n) is 5.53. The summed E-state index contributed by atoms with van der Waals surface area (Å²) in [4.78, 5) is 25.0. The second-order valence-corrected chi connectivity index (χ2v) is 5.53. The third-order valence-electron chi connectivity index (χ3n) is 4.08. The number of nitrogens with zero attached hydrogens (tertiary/aromatic N) is 1. The molecule has 1 aliphatic heterocycles. The summed E-state index contributed by atoms with van der Waals surface area (Å²) in [7, 11) is 0. The Morgan fingerprint density at radius 1 is 1.25 bits per heavy atom. The van der Waals surface area contributed by atoms with E-state index in [2.05, 4.69) is 13.8 Å². The Bertz CT molecular complexity index is 324. The summed E-state index contributed by atoms with van der Waals surface area (Å²) < 4.78 is 0. The van der Waals surface area contributed by atoms with Crippen LogP contribution in [0.2, 0.25) is 0 Å². The van der Waals surface area contributed by atoms with Crippen LogP contribution in [0.1, 0.15) is 39.5 Å². The molecule has 0 radical (unpaired) electrons. The highest BCUT2D eigenvalue weighted by molar-refractivity contribution is 5.87. The Kier molecular flexibility index (Phi) is 2.68. The summed E-state index contributed by atoms with van der Waals surface area (Å²) in [5, 5.41) is 8.95. The molecule has 4 nitrogen and oxygen atoms in total. The van der Waals surface area contributed by atoms with Crippen molar-refractivity contribution in [3.8, 4) is 0 Å². The van der Waals surface area contributed by atoms with Gasteiger partial charge < -0.3 is 10.0 Å². The first-order valence-electron chi connectivity index (χ1n) is 5.98. The molecular formula is C12H19NO3. The quantitative estimate of drug-likeness (QED) is 0.774. The highest BCUT2D eigenvalue weighted by Crippen LogP contribution is 2.39. The summed E-state index contributed by atoms with van der Waals surface area (Å²) >= 11 is 0. The normalized spacial score (nSPS) is 32.2. The van der Waals surface area contributed by atoms with E-state index in [0.29, 0.717) is 6.42 Å². The molecular weight excluding hydrogens is 206 g/mol. The molecule has 0 bridgehead atoms. The first-order valence-corrected chi connectivity index (χ1v) is 5.98. The molecule has 1 heterocycles. The average molecular weight is 225 g/mol. The van der Waals surface area contributed by atoms with Crippen molar-refractivity contribution in [3.63, 3.8) is 0 Å². The highest BCUT2D eigenvalue weighted by Gasteiger charge is 2.46. The highest BCUT2D eigenvalue weighted by atomic mass is 16.4. The van der Waals surface area contributed by atoms with Crippen LogP contribution < -0.4 is 0 Å². The van der Waals surface area contributed by atoms with Crippen molar-refractivity contribution >= 4 is 11.9 Å². The molecule has 2 fully saturated rings. The van der Waals surface area contributed by atoms with Gasteiger partial charge in [0.05, 0.1) is 11.8 Å². The van der Waals surface area contributed by atoms with Gasteiger partial charge in [-0.05, 0) is 39.5 Å². The number of carbonyl (C=O) groups excluding carboxylic acids is 1. The maximum atomic E-state index is 12.2. The summed E-state index contributed by atoms with van der Waals surface area (Å²) in [6, 6.07) is 0. The molecule has 1 aliphatic carbocycles. The predicted octanol–water partition coefficient (Wildman–Crippen LogP) is 1.50. The van der Waals surface area contributed by atoms with E-state index in [4.69, 9.17) is 5.11 Å². The van der Waals surface area contributed by atoms with Gasteiger partial charge in [0, 0.05) is 12.1 Å². The third kappa shape index (κ3) is 1.70. The SMILES string of the molecule is CC1(C)CCCN1C(=O)C1CCC1C(=O)O. The number of hydrogen-bond acceptors (Lipinski definition) is 2. The Morgan fingerprint density at radius 3 is 2.25 bits per heavy atom. The number of likely N-dealkylation sites (tertiary alicyclic amines) is 1. The fourth-order valence-corrected chi connectivity index (χ4v) is 2.81. The average Bonchev–Trinajstić information content (AvgIpc) is 2.41. The van der Waals surface area contributed by atoms with E-state index >= 15 is 0 Å². The minimum Gasteiger partial charge on any atom is -0.481 e. The van der Waals surface area contributed by atoms with Gasteiger partial charge in [0.25, 0.3) is 0 Å². The fourth-order valence-electron chi connectivity index (χ4n) is 2.81. The van der Waals surface area contributed by atoms with E-state index in [9.17, 15) is 9.59 Å². The van der Waals surface area contributed by atoms with Gasteiger partial charge in [0.2, 0.25) is 5.91 Å². The zero-order valence-electron chi connectivity index (χ0n) is 9.90. The largest absolute Gasteiger partial charge is 0.481 e. The van der Waals surface area contributed by atoms with E-state index in [-0.39, 0.29) is 17.4 Å². The van der Waals surface area contributed by atoms with Gasteiger partial charge in [-0.2, -0.15) is 0 Å². The van der Waals surface area contributed by atoms with Crippen LogP contribution in [-0.4, -0.2) is 34.0 Å². The molecule has 2 aliphatic rings. The van der Waals surface area contributed by atoms with Crippen LogP contribution in [0.3, 0.4) is 0 Å². The number of carboxylic acids is 1. The van der Waals surface area contributed by atoms with Crippen LogP contribution in [-0.2, 0) is 9.59 Å². The van der Waals surface area contributed by atoms with Crippen molar-refractivity contribution in [3.05, 3.63) is 0 Å². The van der Waals surface area contributed by atoms with Crippen LogP contribution >= 0.6 is 0 Å². The Hall–Kier alpha value is -1.06. The van der Waals surface area contributed by atoms with Crippen LogP contribution in [0.5, 0.6) is 0 Å². The molecule has 1 amide bonds. The summed E-state index contributed by atoms with van der Waals surface area (Å²) in [5.41, 5.74) is -0.0876. The van der Waals surface area contributed by atoms with Crippen molar-refractivity contribution in [2.75, 3.05) is 6.54 Å². The molecule has 0 aromatic carbocycles. The monoisotopic (exact) mass is 225 g/mol. The number of rotatable bonds is 2. The van der Waals surface area contributed by atoms with Crippen LogP contribution in [0, 0.1) is 11.8 Å². The molecule has 16 heavy (non-hydrogen) atoms. The summed E-state index contributed by atoms with van der Waals surface area (Å²) in [6.07, 6.45) is 3.44. The molecule has 90 valence electrons. The van der Waals surface area contributed by atoms with Crippen molar-refractivity contribution in [1.29, 1.82) is 0 Å². The van der Waals surface area contributed by atoms with Gasteiger partial charge in [0.15, 0.2) is 0 Å². The van der Waals surface area contributed by atoms with Crippen molar-refractivity contribution in [2.45, 2.75) is 45.1 Å². The zero-order valence-corrected chi connectivity index (χ0v) is 9.90. The number of aliphatic carboxylic acids is 1. The van der Waals surface area contributed by atoms with E-state index in [1.165, 1.54) is 0 Å². The smallest absolute Gasteiger partial charge is 0.307 e. The number of carboxylic acid groups (broad SMARTS) is 1. The van der Waals surface area contributed by atoms with Crippen molar-refractivity contribution in [2.24, 2.45) is 11.8 Å². The second kappa shape index (κ2) is 3.75. The van der Waals surface area contributed by atoms with Gasteiger partial charge in [-0.25, -0.2) is 0 Å². The van der Waals surface area contributed by atoms with E-state index < -0.39 is 11.9 Å². The molecule has 1 N–H and O–H groups in total. The van der Waals surface area contributed by atoms with Gasteiger partial charge in [-0.15, -0.1) is 0 Å². The van der Waals surface area contributed by atoms with Crippen LogP contribution in [0.15, 0.2) is 0 Å². The lowest BCUT2D eigenvalue weighted by atomic mass is 9.72. The molecule has 0 aromatic rings. The Morgan fingerprint density at radius 2 is 1.88 bits per heavy atom. The maximum absolute atomic E-state index is 12.2. The molecule has 1 saturated carbocycles. The molecule has 4 heteroatoms. The van der Waals surface area contributed by atoms with Gasteiger partial charge in [0.1, 0.15) is 0 Å². The molecule has 2 atom stereocenters. The lowest BCUT2D eigenvalue weighted by molar-refractivity contribution is -0.158. The van der Waals surface area contributed by atoms with Gasteiger partial charge >= 0.3 is 5.97 Å². The van der Waals surface area contributed by atoms with E-state index in [0.717, 1.165) is 25.8 Å². The van der Waals surface area contributed by atoms with Crippen molar-refractivity contribution in [1.82, 2.24) is 4.90 Å². The summed E-state index contributed by atoms with van der Waals surface area (Å²) in [5.74, 6) is -1.47. The lowest BCUT2D eigenvalue weighted by Gasteiger charge is -2.40. The van der Waals surface area contributed by atoms with Crippen LogP contribution in [0.25, 0.3) is 0 Å². The fraction of sp³-hybridized carbons (Fsp3) is 0.833. The maximum Gasteiger partial charge on any atom is 0.307 e.